The number of amides is 1. The Bertz CT molecular complexity index is 688. The molecule has 0 unspecified atom stereocenters. The second-order valence-corrected chi connectivity index (χ2v) is 6.11. The van der Waals surface area contributed by atoms with Crippen LogP contribution < -0.4 is 5.32 Å². The normalized spacial score (nSPS) is 16.4. The average Bonchev–Trinajstić information content (AvgIpc) is 3.25. The summed E-state index contributed by atoms with van der Waals surface area (Å²) in [6, 6.07) is 2.82. The Hall–Kier alpha value is -1.89. The minimum Gasteiger partial charge on any atom is -0.351 e. The molecule has 0 aliphatic heterocycles. The molecule has 24 heavy (non-hydrogen) atoms. The van der Waals surface area contributed by atoms with Crippen molar-refractivity contribution in [2.24, 2.45) is 5.41 Å². The highest BCUT2D eigenvalue weighted by molar-refractivity contribution is 8.03. The standard InChI is InChI=1S/C14H10F6N2OS/c15-13(16,17)9-2-1-8(5-10(9)24-7-21)6-22-11(23)12(3-4-12)14(18,19)20/h1-2,5H,3-4,6H2,(H,22,23). The number of benzene rings is 1. The second-order valence-electron chi connectivity index (χ2n) is 5.28. The monoisotopic (exact) mass is 368 g/mol. The molecule has 0 spiro atoms. The van der Waals surface area contributed by atoms with E-state index < -0.39 is 29.2 Å². The van der Waals surface area contributed by atoms with Gasteiger partial charge in [-0.15, -0.1) is 0 Å². The highest BCUT2D eigenvalue weighted by Gasteiger charge is 2.68. The van der Waals surface area contributed by atoms with Gasteiger partial charge in [0.15, 0.2) is 0 Å². The molecule has 1 amide bonds. The molecule has 0 aromatic heterocycles. The Balaban J connectivity index is 2.13. The number of alkyl halides is 6. The minimum absolute atomic E-state index is 0.173. The predicted octanol–water partition coefficient (Wildman–Crippen LogP) is 4.24. The summed E-state index contributed by atoms with van der Waals surface area (Å²) in [6.45, 7) is -0.353. The molecular formula is C14H10F6N2OS. The summed E-state index contributed by atoms with van der Waals surface area (Å²) < 4.78 is 76.8. The van der Waals surface area contributed by atoms with Crippen molar-refractivity contribution in [1.29, 1.82) is 5.26 Å². The zero-order valence-electron chi connectivity index (χ0n) is 11.9. The van der Waals surface area contributed by atoms with E-state index in [9.17, 15) is 31.1 Å². The van der Waals surface area contributed by atoms with Crippen LogP contribution in [0.25, 0.3) is 0 Å². The third-order valence-corrected chi connectivity index (χ3v) is 4.34. The first-order chi connectivity index (χ1) is 11.0. The Kier molecular flexibility index (Phi) is 4.77. The summed E-state index contributed by atoms with van der Waals surface area (Å²) in [7, 11) is 0. The van der Waals surface area contributed by atoms with Gasteiger partial charge in [-0.25, -0.2) is 0 Å². The van der Waals surface area contributed by atoms with Crippen LogP contribution in [0.15, 0.2) is 23.1 Å². The molecule has 1 N–H and O–H groups in total. The summed E-state index contributed by atoms with van der Waals surface area (Å²) >= 11 is 0.292. The van der Waals surface area contributed by atoms with Crippen LogP contribution in [0.2, 0.25) is 0 Å². The van der Waals surface area contributed by atoms with Crippen molar-refractivity contribution in [2.45, 2.75) is 36.6 Å². The third kappa shape index (κ3) is 3.61. The van der Waals surface area contributed by atoms with Crippen LogP contribution >= 0.6 is 11.8 Å². The summed E-state index contributed by atoms with van der Waals surface area (Å²) in [6.07, 6.45) is -9.91. The molecule has 1 saturated carbocycles. The lowest BCUT2D eigenvalue weighted by atomic mass is 10.1. The van der Waals surface area contributed by atoms with E-state index in [-0.39, 0.29) is 29.8 Å². The number of nitrogens with zero attached hydrogens (tertiary/aromatic N) is 1. The van der Waals surface area contributed by atoms with E-state index in [0.717, 1.165) is 18.2 Å². The van der Waals surface area contributed by atoms with Crippen molar-refractivity contribution < 1.29 is 31.1 Å². The number of carbonyl (C=O) groups excluding carboxylic acids is 1. The van der Waals surface area contributed by atoms with Gasteiger partial charge >= 0.3 is 12.4 Å². The van der Waals surface area contributed by atoms with Crippen LogP contribution in [0.3, 0.4) is 0 Å². The number of halogens is 6. The number of carbonyl (C=O) groups is 1. The second kappa shape index (κ2) is 6.20. The van der Waals surface area contributed by atoms with Crippen molar-refractivity contribution in [3.63, 3.8) is 0 Å². The SMILES string of the molecule is N#CSc1cc(CNC(=O)C2(C(F)(F)F)CC2)ccc1C(F)(F)F. The summed E-state index contributed by atoms with van der Waals surface area (Å²) in [5.41, 5.74) is -3.23. The number of hydrogen-bond acceptors (Lipinski definition) is 3. The molecule has 1 aromatic rings. The van der Waals surface area contributed by atoms with Crippen molar-refractivity contribution in [3.8, 4) is 5.40 Å². The molecule has 0 heterocycles. The lowest BCUT2D eigenvalue weighted by Crippen LogP contribution is -2.40. The Labute approximate surface area is 137 Å². The van der Waals surface area contributed by atoms with Gasteiger partial charge < -0.3 is 5.32 Å². The lowest BCUT2D eigenvalue weighted by molar-refractivity contribution is -0.192. The van der Waals surface area contributed by atoms with Crippen LogP contribution in [0.1, 0.15) is 24.0 Å². The molecule has 1 aromatic carbocycles. The molecule has 0 radical (unpaired) electrons. The number of thioether (sulfide) groups is 1. The van der Waals surface area contributed by atoms with E-state index in [1.54, 1.807) is 0 Å². The maximum atomic E-state index is 12.8. The fourth-order valence-corrected chi connectivity index (χ4v) is 2.76. The molecule has 0 atom stereocenters. The minimum atomic E-state index is -4.66. The summed E-state index contributed by atoms with van der Waals surface area (Å²) in [5, 5.41) is 12.2. The van der Waals surface area contributed by atoms with E-state index in [1.165, 1.54) is 5.40 Å². The number of nitrogens with one attached hydrogen (secondary N) is 1. The first kappa shape index (κ1) is 18.4. The van der Waals surface area contributed by atoms with Crippen LogP contribution in [-0.2, 0) is 17.5 Å². The molecule has 1 fully saturated rings. The van der Waals surface area contributed by atoms with Crippen LogP contribution in [0.5, 0.6) is 0 Å². The fourth-order valence-electron chi connectivity index (χ4n) is 2.16. The molecule has 0 saturated heterocycles. The number of nitriles is 1. The van der Waals surface area contributed by atoms with Gasteiger partial charge in [-0.1, -0.05) is 6.07 Å². The van der Waals surface area contributed by atoms with Gasteiger partial charge in [-0.2, -0.15) is 31.6 Å². The zero-order valence-corrected chi connectivity index (χ0v) is 12.7. The molecule has 130 valence electrons. The first-order valence-electron chi connectivity index (χ1n) is 6.62. The quantitative estimate of drug-likeness (QED) is 0.491. The van der Waals surface area contributed by atoms with Gasteiger partial charge in [-0.3, -0.25) is 4.79 Å². The molecule has 10 heteroatoms. The average molecular weight is 368 g/mol. The van der Waals surface area contributed by atoms with Gasteiger partial charge in [0.1, 0.15) is 10.8 Å². The maximum Gasteiger partial charge on any atom is 0.417 e. The first-order valence-corrected chi connectivity index (χ1v) is 7.44. The van der Waals surface area contributed by atoms with Gasteiger partial charge in [0.25, 0.3) is 0 Å². The van der Waals surface area contributed by atoms with Gasteiger partial charge in [-0.05, 0) is 42.3 Å². The summed E-state index contributed by atoms with van der Waals surface area (Å²) in [5.74, 6) is -1.19. The van der Waals surface area contributed by atoms with E-state index in [1.807, 2.05) is 0 Å². The smallest absolute Gasteiger partial charge is 0.351 e. The van der Waals surface area contributed by atoms with Gasteiger partial charge in [0.2, 0.25) is 5.91 Å². The molecular weight excluding hydrogens is 358 g/mol. The Morgan fingerprint density at radius 3 is 2.33 bits per heavy atom. The van der Waals surface area contributed by atoms with Crippen molar-refractivity contribution >= 4 is 17.7 Å². The van der Waals surface area contributed by atoms with Gasteiger partial charge in [0, 0.05) is 11.4 Å². The van der Waals surface area contributed by atoms with E-state index in [0.29, 0.717) is 11.8 Å². The largest absolute Gasteiger partial charge is 0.417 e. The topological polar surface area (TPSA) is 52.9 Å². The fraction of sp³-hybridized carbons (Fsp3) is 0.429. The highest BCUT2D eigenvalue weighted by Crippen LogP contribution is 2.57. The number of thiocyanates is 1. The highest BCUT2D eigenvalue weighted by atomic mass is 32.2. The van der Waals surface area contributed by atoms with Crippen LogP contribution in [0, 0.1) is 16.1 Å². The Morgan fingerprint density at radius 2 is 1.88 bits per heavy atom. The van der Waals surface area contributed by atoms with E-state index in [4.69, 9.17) is 5.26 Å². The van der Waals surface area contributed by atoms with E-state index >= 15 is 0 Å². The van der Waals surface area contributed by atoms with E-state index in [2.05, 4.69) is 5.32 Å². The van der Waals surface area contributed by atoms with Crippen LogP contribution in [-0.4, -0.2) is 12.1 Å². The Morgan fingerprint density at radius 1 is 1.25 bits per heavy atom. The zero-order chi connectivity index (χ0) is 18.2. The van der Waals surface area contributed by atoms with Crippen LogP contribution in [0.4, 0.5) is 26.3 Å². The lowest BCUT2D eigenvalue weighted by Gasteiger charge is -2.19. The maximum absolute atomic E-state index is 12.8. The van der Waals surface area contributed by atoms with Gasteiger partial charge in [0.05, 0.1) is 5.56 Å². The molecule has 0 bridgehead atoms. The third-order valence-electron chi connectivity index (χ3n) is 3.69. The molecule has 1 aliphatic carbocycles. The van der Waals surface area contributed by atoms with Crippen molar-refractivity contribution in [1.82, 2.24) is 5.32 Å². The molecule has 1 aliphatic rings. The number of rotatable bonds is 4. The summed E-state index contributed by atoms with van der Waals surface area (Å²) in [4.78, 5) is 11.3. The van der Waals surface area contributed by atoms with Crippen molar-refractivity contribution in [3.05, 3.63) is 29.3 Å². The molecule has 2 rings (SSSR count). The predicted molar refractivity (Wildman–Crippen MR) is 72.5 cm³/mol. The molecule has 3 nitrogen and oxygen atoms in total. The number of hydrogen-bond donors (Lipinski definition) is 1. The van der Waals surface area contributed by atoms with Crippen molar-refractivity contribution in [2.75, 3.05) is 0 Å².